The molecule has 2 aromatic rings. The van der Waals surface area contributed by atoms with Crippen molar-refractivity contribution < 1.29 is 23.1 Å². The van der Waals surface area contributed by atoms with Gasteiger partial charge in [0, 0.05) is 0 Å². The second kappa shape index (κ2) is 5.24. The first-order valence-electron chi connectivity index (χ1n) is 5.64. The number of aromatic hydroxyl groups is 1. The third-order valence-electron chi connectivity index (χ3n) is 2.68. The van der Waals surface area contributed by atoms with Gasteiger partial charge in [0.1, 0.15) is 5.75 Å². The summed E-state index contributed by atoms with van der Waals surface area (Å²) in [6.07, 6.45) is 0. The van der Waals surface area contributed by atoms with Crippen molar-refractivity contribution in [1.29, 1.82) is 0 Å². The molecule has 3 nitrogen and oxygen atoms in total. The van der Waals surface area contributed by atoms with E-state index >= 15 is 0 Å². The van der Waals surface area contributed by atoms with E-state index in [0.29, 0.717) is 6.07 Å². The molecule has 0 unspecified atom stereocenters. The predicted octanol–water partition coefficient (Wildman–Crippen LogP) is 3.37. The van der Waals surface area contributed by atoms with Crippen LogP contribution in [0.5, 0.6) is 5.75 Å². The number of phenols is 1. The fourth-order valence-corrected chi connectivity index (χ4v) is 1.64. The first-order valence-corrected chi connectivity index (χ1v) is 5.64. The number of benzene rings is 2. The maximum atomic E-state index is 13.4. The van der Waals surface area contributed by atoms with Crippen LogP contribution in [-0.2, 0) is 0 Å². The van der Waals surface area contributed by atoms with E-state index in [-0.39, 0.29) is 11.4 Å². The molecule has 0 aromatic heterocycles. The summed E-state index contributed by atoms with van der Waals surface area (Å²) in [5, 5.41) is 11.8. The van der Waals surface area contributed by atoms with Crippen LogP contribution in [0.15, 0.2) is 30.3 Å². The summed E-state index contributed by atoms with van der Waals surface area (Å²) >= 11 is 0. The first kappa shape index (κ1) is 13.9. The summed E-state index contributed by atoms with van der Waals surface area (Å²) in [5.41, 5.74) is 0.160. The summed E-state index contributed by atoms with van der Waals surface area (Å²) in [4.78, 5) is 11.8. The number of hydrogen-bond acceptors (Lipinski definition) is 2. The highest BCUT2D eigenvalue weighted by molar-refractivity contribution is 6.05. The molecule has 0 heterocycles. The van der Waals surface area contributed by atoms with E-state index < -0.39 is 28.9 Å². The topological polar surface area (TPSA) is 49.3 Å². The summed E-state index contributed by atoms with van der Waals surface area (Å²) in [7, 11) is 0. The zero-order valence-corrected chi connectivity index (χ0v) is 10.4. The van der Waals surface area contributed by atoms with Crippen LogP contribution < -0.4 is 5.32 Å². The number of anilines is 1. The number of rotatable bonds is 2. The molecule has 0 saturated heterocycles. The lowest BCUT2D eigenvalue weighted by Gasteiger charge is -2.09. The van der Waals surface area contributed by atoms with Gasteiger partial charge in [-0.05, 0) is 36.8 Å². The fraction of sp³-hybridized carbons (Fsp3) is 0.0714. The van der Waals surface area contributed by atoms with Gasteiger partial charge in [-0.25, -0.2) is 13.2 Å². The molecule has 104 valence electrons. The van der Waals surface area contributed by atoms with Crippen LogP contribution in [0, 0.1) is 24.4 Å². The Morgan fingerprint density at radius 3 is 2.45 bits per heavy atom. The molecule has 0 bridgehead atoms. The lowest BCUT2D eigenvalue weighted by Crippen LogP contribution is -2.15. The Labute approximate surface area is 112 Å². The summed E-state index contributed by atoms with van der Waals surface area (Å²) in [5.74, 6) is -5.86. The van der Waals surface area contributed by atoms with E-state index in [9.17, 15) is 23.1 Å². The Hall–Kier alpha value is -2.50. The van der Waals surface area contributed by atoms with Crippen molar-refractivity contribution in [1.82, 2.24) is 0 Å². The smallest absolute Gasteiger partial charge is 0.258 e. The lowest BCUT2D eigenvalue weighted by molar-refractivity contribution is 0.102. The third kappa shape index (κ3) is 2.59. The van der Waals surface area contributed by atoms with Crippen LogP contribution in [0.25, 0.3) is 0 Å². The molecule has 0 spiro atoms. The lowest BCUT2D eigenvalue weighted by atomic mass is 10.1. The molecule has 0 fully saturated rings. The zero-order valence-electron chi connectivity index (χ0n) is 10.4. The molecular formula is C14H10F3NO2. The van der Waals surface area contributed by atoms with Gasteiger partial charge in [-0.3, -0.25) is 4.79 Å². The van der Waals surface area contributed by atoms with Crippen LogP contribution in [0.4, 0.5) is 18.9 Å². The Kier molecular flexibility index (Phi) is 3.65. The molecule has 1 amide bonds. The van der Waals surface area contributed by atoms with E-state index in [4.69, 9.17) is 0 Å². The van der Waals surface area contributed by atoms with E-state index in [2.05, 4.69) is 5.32 Å². The number of nitrogens with one attached hydrogen (secondary N) is 1. The third-order valence-corrected chi connectivity index (χ3v) is 2.68. The average Bonchev–Trinajstić information content (AvgIpc) is 2.39. The van der Waals surface area contributed by atoms with Gasteiger partial charge >= 0.3 is 0 Å². The Bertz CT molecular complexity index is 686. The van der Waals surface area contributed by atoms with Crippen LogP contribution in [-0.4, -0.2) is 11.0 Å². The molecule has 0 radical (unpaired) electrons. The van der Waals surface area contributed by atoms with Gasteiger partial charge in [0.25, 0.3) is 5.91 Å². The minimum Gasteiger partial charge on any atom is -0.506 e. The van der Waals surface area contributed by atoms with Crippen LogP contribution >= 0.6 is 0 Å². The maximum Gasteiger partial charge on any atom is 0.258 e. The van der Waals surface area contributed by atoms with Crippen LogP contribution in [0.1, 0.15) is 15.9 Å². The number of halogens is 3. The van der Waals surface area contributed by atoms with E-state index in [0.717, 1.165) is 11.6 Å². The van der Waals surface area contributed by atoms with Crippen molar-refractivity contribution in [3.63, 3.8) is 0 Å². The molecular weight excluding hydrogens is 271 g/mol. The van der Waals surface area contributed by atoms with Gasteiger partial charge in [0.15, 0.2) is 17.5 Å². The van der Waals surface area contributed by atoms with Crippen molar-refractivity contribution in [2.24, 2.45) is 0 Å². The Morgan fingerprint density at radius 1 is 1.10 bits per heavy atom. The van der Waals surface area contributed by atoms with Gasteiger partial charge in [-0.15, -0.1) is 0 Å². The molecule has 2 N–H and O–H groups in total. The Morgan fingerprint density at radius 2 is 1.80 bits per heavy atom. The quantitative estimate of drug-likeness (QED) is 0.655. The maximum absolute atomic E-state index is 13.4. The van der Waals surface area contributed by atoms with E-state index in [1.807, 2.05) is 0 Å². The van der Waals surface area contributed by atoms with Gasteiger partial charge in [0.2, 0.25) is 0 Å². The van der Waals surface area contributed by atoms with Crippen molar-refractivity contribution in [2.45, 2.75) is 6.92 Å². The standard InChI is InChI=1S/C14H10F3NO2/c1-7-2-5-10(11(19)6-7)18-14(20)8-3-4-9(15)13(17)12(8)16/h2-6,19H,1H3,(H,18,20). The minimum absolute atomic E-state index is 0.0460. The van der Waals surface area contributed by atoms with E-state index in [1.165, 1.54) is 12.1 Å². The normalized spacial score (nSPS) is 10.4. The average molecular weight is 281 g/mol. The minimum atomic E-state index is -1.72. The fourth-order valence-electron chi connectivity index (χ4n) is 1.64. The number of amides is 1. The molecule has 0 aliphatic rings. The van der Waals surface area contributed by atoms with Gasteiger partial charge in [-0.2, -0.15) is 0 Å². The molecule has 0 aliphatic heterocycles. The largest absolute Gasteiger partial charge is 0.506 e. The molecule has 0 saturated carbocycles. The molecule has 2 rings (SSSR count). The van der Waals surface area contributed by atoms with Gasteiger partial charge in [-0.1, -0.05) is 6.07 Å². The second-order valence-corrected chi connectivity index (χ2v) is 4.20. The number of hydrogen-bond donors (Lipinski definition) is 2. The van der Waals surface area contributed by atoms with Crippen molar-refractivity contribution >= 4 is 11.6 Å². The van der Waals surface area contributed by atoms with Crippen molar-refractivity contribution in [3.8, 4) is 5.75 Å². The molecule has 0 aliphatic carbocycles. The number of carbonyl (C=O) groups is 1. The van der Waals surface area contributed by atoms with Gasteiger partial charge < -0.3 is 10.4 Å². The molecule has 2 aromatic carbocycles. The number of aryl methyl sites for hydroxylation is 1. The van der Waals surface area contributed by atoms with Crippen molar-refractivity contribution in [2.75, 3.05) is 5.32 Å². The first-order chi connectivity index (χ1) is 9.40. The molecule has 0 atom stereocenters. The summed E-state index contributed by atoms with van der Waals surface area (Å²) < 4.78 is 39.3. The number of phenolic OH excluding ortho intramolecular Hbond substituents is 1. The SMILES string of the molecule is Cc1ccc(NC(=O)c2ccc(F)c(F)c2F)c(O)c1. The predicted molar refractivity (Wildman–Crippen MR) is 67.1 cm³/mol. The molecule has 20 heavy (non-hydrogen) atoms. The summed E-state index contributed by atoms with van der Waals surface area (Å²) in [6.45, 7) is 1.74. The van der Waals surface area contributed by atoms with E-state index in [1.54, 1.807) is 13.0 Å². The highest BCUT2D eigenvalue weighted by Gasteiger charge is 2.19. The Balaban J connectivity index is 2.31. The molecule has 6 heteroatoms. The highest BCUT2D eigenvalue weighted by atomic mass is 19.2. The van der Waals surface area contributed by atoms with Crippen molar-refractivity contribution in [3.05, 3.63) is 58.9 Å². The van der Waals surface area contributed by atoms with Gasteiger partial charge in [0.05, 0.1) is 11.3 Å². The summed E-state index contributed by atoms with van der Waals surface area (Å²) in [6, 6.07) is 5.92. The van der Waals surface area contributed by atoms with Crippen LogP contribution in [0.3, 0.4) is 0 Å². The highest BCUT2D eigenvalue weighted by Crippen LogP contribution is 2.25. The zero-order chi connectivity index (χ0) is 14.9. The van der Waals surface area contributed by atoms with Crippen LogP contribution in [0.2, 0.25) is 0 Å². The monoisotopic (exact) mass is 281 g/mol. The number of carbonyl (C=O) groups excluding carboxylic acids is 1. The second-order valence-electron chi connectivity index (χ2n) is 4.20.